The number of nitrogens with one attached hydrogen (secondary N) is 2. The Morgan fingerprint density at radius 3 is 2.49 bits per heavy atom. The van der Waals surface area contributed by atoms with E-state index < -0.39 is 0 Å². The maximum Gasteiger partial charge on any atom is 0.272 e. The lowest BCUT2D eigenvalue weighted by atomic mass is 9.97. The first-order valence-corrected chi connectivity index (χ1v) is 13.4. The summed E-state index contributed by atoms with van der Waals surface area (Å²) in [6.45, 7) is 10.0. The van der Waals surface area contributed by atoms with Crippen LogP contribution in [-0.4, -0.2) is 81.7 Å². The van der Waals surface area contributed by atoms with Crippen LogP contribution in [0.25, 0.3) is 10.9 Å². The van der Waals surface area contributed by atoms with Crippen LogP contribution in [0.3, 0.4) is 0 Å². The lowest BCUT2D eigenvalue weighted by Gasteiger charge is -2.41. The molecule has 4 atom stereocenters. The summed E-state index contributed by atoms with van der Waals surface area (Å²) >= 11 is 0. The number of piperidine rings is 2. The number of aromatic nitrogens is 2. The molecular formula is C27H40N6O2. The Morgan fingerprint density at radius 1 is 1.03 bits per heavy atom. The summed E-state index contributed by atoms with van der Waals surface area (Å²) in [4.78, 5) is 29.9. The molecule has 3 fully saturated rings. The number of carbonyl (C=O) groups is 2. The molecule has 0 saturated carbocycles. The van der Waals surface area contributed by atoms with E-state index in [9.17, 15) is 9.59 Å². The molecule has 0 radical (unpaired) electrons. The maximum absolute atomic E-state index is 13.3. The third-order valence-corrected chi connectivity index (χ3v) is 8.12. The van der Waals surface area contributed by atoms with E-state index in [1.54, 1.807) is 6.92 Å². The first-order chi connectivity index (χ1) is 16.9. The number of hydrogen-bond acceptors (Lipinski definition) is 5. The van der Waals surface area contributed by atoms with Gasteiger partial charge in [-0.25, -0.2) is 0 Å². The number of likely N-dealkylation sites (tertiary alicyclic amines) is 1. The van der Waals surface area contributed by atoms with Gasteiger partial charge in [0.25, 0.3) is 5.91 Å². The Hall–Kier alpha value is -2.45. The maximum atomic E-state index is 13.3. The molecule has 190 valence electrons. The summed E-state index contributed by atoms with van der Waals surface area (Å²) in [7, 11) is 0. The third-order valence-electron chi connectivity index (χ3n) is 8.12. The van der Waals surface area contributed by atoms with E-state index in [2.05, 4.69) is 34.3 Å². The van der Waals surface area contributed by atoms with E-state index in [-0.39, 0.29) is 29.9 Å². The second-order valence-electron chi connectivity index (χ2n) is 11.0. The van der Waals surface area contributed by atoms with Crippen molar-refractivity contribution in [1.82, 2.24) is 30.2 Å². The predicted octanol–water partition coefficient (Wildman–Crippen LogP) is 2.94. The van der Waals surface area contributed by atoms with E-state index in [1.807, 2.05) is 28.9 Å². The Morgan fingerprint density at radius 2 is 1.77 bits per heavy atom. The van der Waals surface area contributed by atoms with Crippen LogP contribution in [0.15, 0.2) is 24.3 Å². The lowest BCUT2D eigenvalue weighted by Crippen LogP contribution is -2.53. The molecule has 0 aliphatic carbocycles. The molecule has 4 heterocycles. The fourth-order valence-corrected chi connectivity index (χ4v) is 6.58. The van der Waals surface area contributed by atoms with E-state index in [0.717, 1.165) is 62.8 Å². The van der Waals surface area contributed by atoms with E-state index in [0.29, 0.717) is 17.8 Å². The number of fused-ring (bicyclic) bond motifs is 3. The monoisotopic (exact) mass is 480 g/mol. The van der Waals surface area contributed by atoms with Crippen LogP contribution in [0.5, 0.6) is 0 Å². The van der Waals surface area contributed by atoms with Gasteiger partial charge in [-0.05, 0) is 65.0 Å². The molecule has 8 heteroatoms. The highest BCUT2D eigenvalue weighted by Crippen LogP contribution is 2.36. The Bertz CT molecular complexity index is 1050. The van der Waals surface area contributed by atoms with Crippen LogP contribution in [0, 0.1) is 0 Å². The molecule has 2 N–H and O–H groups in total. The number of carbonyl (C=O) groups excluding carboxylic acids is 2. The standard InChI is InChI=1S/C27H40N6O2/c1-18(2)33-25-9-5-4-8-24(25)26(30-33)27(35)29-21-15-22-10-11-23(16-21)32(22)14-13-31-12-6-7-20(17-31)28-19(3)34/h4-5,8-9,18,20-23H,6-7,10-17H2,1-3H3,(H,28,34)(H,29,35)/t20?,21?,22-,23+. The van der Waals surface area contributed by atoms with Gasteiger partial charge in [-0.3, -0.25) is 19.2 Å². The van der Waals surface area contributed by atoms with E-state index in [4.69, 9.17) is 5.10 Å². The predicted molar refractivity (Wildman–Crippen MR) is 137 cm³/mol. The summed E-state index contributed by atoms with van der Waals surface area (Å²) in [6, 6.07) is 9.80. The van der Waals surface area contributed by atoms with Crippen LogP contribution in [0.1, 0.15) is 75.8 Å². The van der Waals surface area contributed by atoms with Crippen LogP contribution in [-0.2, 0) is 4.79 Å². The molecule has 0 spiro atoms. The zero-order chi connectivity index (χ0) is 24.5. The molecule has 3 aliphatic heterocycles. The van der Waals surface area contributed by atoms with Crippen molar-refractivity contribution < 1.29 is 9.59 Å². The highest BCUT2D eigenvalue weighted by atomic mass is 16.2. The van der Waals surface area contributed by atoms with Gasteiger partial charge in [0.2, 0.25) is 5.91 Å². The van der Waals surface area contributed by atoms with Crippen molar-refractivity contribution >= 4 is 22.7 Å². The summed E-state index contributed by atoms with van der Waals surface area (Å²) in [5, 5.41) is 12.1. The van der Waals surface area contributed by atoms with Crippen molar-refractivity contribution in [2.45, 2.75) is 89.5 Å². The second-order valence-corrected chi connectivity index (χ2v) is 11.0. The van der Waals surface area contributed by atoms with Gasteiger partial charge in [-0.1, -0.05) is 18.2 Å². The summed E-state index contributed by atoms with van der Waals surface area (Å²) in [6.07, 6.45) is 6.69. The van der Waals surface area contributed by atoms with Crippen LogP contribution in [0.4, 0.5) is 0 Å². The van der Waals surface area contributed by atoms with Crippen LogP contribution < -0.4 is 10.6 Å². The number of hydrogen-bond donors (Lipinski definition) is 2. The quantitative estimate of drug-likeness (QED) is 0.637. The van der Waals surface area contributed by atoms with Gasteiger partial charge in [-0.15, -0.1) is 0 Å². The van der Waals surface area contributed by atoms with Crippen molar-refractivity contribution in [3.05, 3.63) is 30.0 Å². The van der Waals surface area contributed by atoms with Crippen molar-refractivity contribution in [3.63, 3.8) is 0 Å². The second kappa shape index (κ2) is 10.3. The fraction of sp³-hybridized carbons (Fsp3) is 0.667. The summed E-state index contributed by atoms with van der Waals surface area (Å²) < 4.78 is 1.95. The highest BCUT2D eigenvalue weighted by Gasteiger charge is 2.41. The molecule has 1 aromatic heterocycles. The first kappa shape index (κ1) is 24.3. The highest BCUT2D eigenvalue weighted by molar-refractivity contribution is 6.05. The van der Waals surface area contributed by atoms with Gasteiger partial charge in [0.05, 0.1) is 5.52 Å². The third kappa shape index (κ3) is 5.23. The van der Waals surface area contributed by atoms with Crippen molar-refractivity contribution in [1.29, 1.82) is 0 Å². The first-order valence-electron chi connectivity index (χ1n) is 13.4. The SMILES string of the molecule is CC(=O)NC1CCCN(CCN2[C@@H]3CC[C@H]2CC(NC(=O)c2nn(C(C)C)c4ccccc24)C3)C1. The molecule has 2 aromatic rings. The Labute approximate surface area is 208 Å². The van der Waals surface area contributed by atoms with Gasteiger partial charge in [0.15, 0.2) is 5.69 Å². The number of benzene rings is 1. The molecule has 2 bridgehead atoms. The molecule has 2 amide bonds. The Kier molecular flexibility index (Phi) is 7.12. The molecule has 3 saturated heterocycles. The molecule has 5 rings (SSSR count). The smallest absolute Gasteiger partial charge is 0.272 e. The van der Waals surface area contributed by atoms with Crippen LogP contribution in [0.2, 0.25) is 0 Å². The van der Waals surface area contributed by atoms with Crippen molar-refractivity contribution in [2.24, 2.45) is 0 Å². The molecule has 3 aliphatic rings. The molecule has 2 unspecified atom stereocenters. The molecule has 35 heavy (non-hydrogen) atoms. The van der Waals surface area contributed by atoms with E-state index >= 15 is 0 Å². The zero-order valence-electron chi connectivity index (χ0n) is 21.4. The molecule has 1 aromatic carbocycles. The van der Waals surface area contributed by atoms with Gasteiger partial charge < -0.3 is 15.5 Å². The van der Waals surface area contributed by atoms with E-state index in [1.165, 1.54) is 12.8 Å². The van der Waals surface area contributed by atoms with Crippen LogP contribution >= 0.6 is 0 Å². The number of para-hydroxylation sites is 1. The lowest BCUT2D eigenvalue weighted by molar-refractivity contribution is -0.120. The summed E-state index contributed by atoms with van der Waals surface area (Å²) in [5.74, 6) is 0.0266. The van der Waals surface area contributed by atoms with Gasteiger partial charge in [-0.2, -0.15) is 5.10 Å². The average Bonchev–Trinajstić information content (AvgIpc) is 3.32. The number of rotatable bonds is 7. The topological polar surface area (TPSA) is 82.5 Å². The van der Waals surface area contributed by atoms with Crippen molar-refractivity contribution in [2.75, 3.05) is 26.2 Å². The molecule has 8 nitrogen and oxygen atoms in total. The van der Waals surface area contributed by atoms with Gasteiger partial charge in [0, 0.05) is 62.2 Å². The van der Waals surface area contributed by atoms with Crippen molar-refractivity contribution in [3.8, 4) is 0 Å². The molecular weight excluding hydrogens is 440 g/mol. The minimum Gasteiger partial charge on any atom is -0.352 e. The zero-order valence-corrected chi connectivity index (χ0v) is 21.4. The number of amides is 2. The largest absolute Gasteiger partial charge is 0.352 e. The minimum absolute atomic E-state index is 0.0456. The average molecular weight is 481 g/mol. The number of nitrogens with zero attached hydrogens (tertiary/aromatic N) is 4. The minimum atomic E-state index is -0.0456. The van der Waals surface area contributed by atoms with Gasteiger partial charge >= 0.3 is 0 Å². The normalized spacial score (nSPS) is 27.4. The summed E-state index contributed by atoms with van der Waals surface area (Å²) in [5.41, 5.74) is 1.56. The van der Waals surface area contributed by atoms with Gasteiger partial charge in [0.1, 0.15) is 0 Å². The Balaban J connectivity index is 1.17. The fourth-order valence-electron chi connectivity index (χ4n) is 6.58.